The number of carbonyl (C=O) groups is 3. The fourth-order valence-electron chi connectivity index (χ4n) is 2.87. The molecule has 2 unspecified atom stereocenters. The molecule has 1 fully saturated rings. The molecule has 0 saturated carbocycles. The zero-order valence-corrected chi connectivity index (χ0v) is 16.1. The maximum absolute atomic E-state index is 12.6. The van der Waals surface area contributed by atoms with Crippen molar-refractivity contribution >= 4 is 29.5 Å². The van der Waals surface area contributed by atoms with E-state index < -0.39 is 17.4 Å². The average molecular weight is 378 g/mol. The SMILES string of the molecule is CCCCC(=O)N1CSCC1C(=O)NCC(C)(C(=O)O)c1ccccc1. The highest BCUT2D eigenvalue weighted by molar-refractivity contribution is 7.99. The molecule has 0 bridgehead atoms. The highest BCUT2D eigenvalue weighted by Gasteiger charge is 2.38. The molecule has 1 saturated heterocycles. The first-order chi connectivity index (χ1) is 12.4. The Hall–Kier alpha value is -2.02. The van der Waals surface area contributed by atoms with E-state index in [4.69, 9.17) is 0 Å². The Kier molecular flexibility index (Phi) is 7.08. The van der Waals surface area contributed by atoms with Crippen molar-refractivity contribution in [1.29, 1.82) is 0 Å². The predicted molar refractivity (Wildman–Crippen MR) is 102 cm³/mol. The maximum Gasteiger partial charge on any atom is 0.315 e. The van der Waals surface area contributed by atoms with Gasteiger partial charge in [-0.15, -0.1) is 11.8 Å². The fourth-order valence-corrected chi connectivity index (χ4v) is 4.05. The van der Waals surface area contributed by atoms with Crippen LogP contribution in [0.5, 0.6) is 0 Å². The third kappa shape index (κ3) is 4.58. The first-order valence-electron chi connectivity index (χ1n) is 8.84. The third-order valence-corrected chi connectivity index (χ3v) is 5.76. The summed E-state index contributed by atoms with van der Waals surface area (Å²) in [7, 11) is 0. The normalized spacial score (nSPS) is 19.0. The number of carboxylic acids is 1. The van der Waals surface area contributed by atoms with E-state index in [9.17, 15) is 19.5 Å². The number of unbranched alkanes of at least 4 members (excludes halogenated alkanes) is 1. The third-order valence-electron chi connectivity index (χ3n) is 4.75. The summed E-state index contributed by atoms with van der Waals surface area (Å²) in [6.07, 6.45) is 2.18. The van der Waals surface area contributed by atoms with Gasteiger partial charge in [-0.3, -0.25) is 14.4 Å². The Balaban J connectivity index is 2.04. The number of aliphatic carboxylic acids is 1. The minimum Gasteiger partial charge on any atom is -0.481 e. The van der Waals surface area contributed by atoms with Crippen LogP contribution in [-0.4, -0.2) is 52.0 Å². The molecule has 6 nitrogen and oxygen atoms in total. The quantitative estimate of drug-likeness (QED) is 0.724. The molecular weight excluding hydrogens is 352 g/mol. The van der Waals surface area contributed by atoms with E-state index in [0.717, 1.165) is 12.8 Å². The molecular formula is C19H26N2O4S. The fraction of sp³-hybridized carbons (Fsp3) is 0.526. The van der Waals surface area contributed by atoms with Crippen LogP contribution in [0, 0.1) is 0 Å². The van der Waals surface area contributed by atoms with Crippen LogP contribution in [0.4, 0.5) is 0 Å². The van der Waals surface area contributed by atoms with E-state index in [2.05, 4.69) is 5.32 Å². The van der Waals surface area contributed by atoms with Crippen LogP contribution < -0.4 is 5.32 Å². The first kappa shape index (κ1) is 20.3. The summed E-state index contributed by atoms with van der Waals surface area (Å²) in [5, 5.41) is 12.4. The lowest BCUT2D eigenvalue weighted by Crippen LogP contribution is -2.51. The van der Waals surface area contributed by atoms with E-state index in [-0.39, 0.29) is 18.4 Å². The van der Waals surface area contributed by atoms with Crippen molar-refractivity contribution in [2.75, 3.05) is 18.2 Å². The molecule has 2 rings (SSSR count). The zero-order chi connectivity index (χ0) is 19.2. The van der Waals surface area contributed by atoms with E-state index >= 15 is 0 Å². The Morgan fingerprint density at radius 1 is 1.31 bits per heavy atom. The van der Waals surface area contributed by atoms with Crippen LogP contribution in [0.3, 0.4) is 0 Å². The van der Waals surface area contributed by atoms with Crippen molar-refractivity contribution in [3.8, 4) is 0 Å². The standard InChI is InChI=1S/C19H26N2O4S/c1-3-4-10-16(22)21-13-26-11-15(21)17(23)20-12-19(2,18(24)25)14-8-6-5-7-9-14/h5-9,15H,3-4,10-13H2,1-2H3,(H,20,23)(H,24,25). The van der Waals surface area contributed by atoms with Crippen LogP contribution in [0.25, 0.3) is 0 Å². The van der Waals surface area contributed by atoms with Crippen molar-refractivity contribution in [3.05, 3.63) is 35.9 Å². The predicted octanol–water partition coefficient (Wildman–Crippen LogP) is 2.24. The van der Waals surface area contributed by atoms with Crippen LogP contribution >= 0.6 is 11.8 Å². The number of nitrogens with zero attached hydrogens (tertiary/aromatic N) is 1. The lowest BCUT2D eigenvalue weighted by atomic mass is 9.82. The van der Waals surface area contributed by atoms with Crippen molar-refractivity contribution in [3.63, 3.8) is 0 Å². The summed E-state index contributed by atoms with van der Waals surface area (Å²) in [4.78, 5) is 38.3. The summed E-state index contributed by atoms with van der Waals surface area (Å²) in [5.41, 5.74) is -0.593. The molecule has 1 heterocycles. The molecule has 2 amide bonds. The van der Waals surface area contributed by atoms with Gasteiger partial charge in [0.25, 0.3) is 0 Å². The highest BCUT2D eigenvalue weighted by Crippen LogP contribution is 2.25. The van der Waals surface area contributed by atoms with Gasteiger partial charge in [0, 0.05) is 18.7 Å². The van der Waals surface area contributed by atoms with Crippen LogP contribution in [0.1, 0.15) is 38.7 Å². The molecule has 1 aromatic carbocycles. The van der Waals surface area contributed by atoms with Crippen molar-refractivity contribution in [2.24, 2.45) is 0 Å². The summed E-state index contributed by atoms with van der Waals surface area (Å²) >= 11 is 1.54. The molecule has 1 aliphatic heterocycles. The molecule has 0 radical (unpaired) electrons. The number of amides is 2. The number of benzene rings is 1. The second-order valence-electron chi connectivity index (χ2n) is 6.70. The van der Waals surface area contributed by atoms with Gasteiger partial charge in [-0.05, 0) is 18.9 Å². The zero-order valence-electron chi connectivity index (χ0n) is 15.2. The minimum atomic E-state index is -1.22. The van der Waals surface area contributed by atoms with Gasteiger partial charge < -0.3 is 15.3 Å². The van der Waals surface area contributed by atoms with Gasteiger partial charge in [0.2, 0.25) is 11.8 Å². The number of thioether (sulfide) groups is 1. The number of hydrogen-bond donors (Lipinski definition) is 2. The molecule has 26 heavy (non-hydrogen) atoms. The lowest BCUT2D eigenvalue weighted by Gasteiger charge is -2.28. The number of hydrogen-bond acceptors (Lipinski definition) is 4. The molecule has 2 atom stereocenters. The van der Waals surface area contributed by atoms with Gasteiger partial charge in [0.1, 0.15) is 11.5 Å². The van der Waals surface area contributed by atoms with Gasteiger partial charge in [0.15, 0.2) is 0 Å². The molecule has 7 heteroatoms. The lowest BCUT2D eigenvalue weighted by molar-refractivity contribution is -0.144. The van der Waals surface area contributed by atoms with E-state index in [1.807, 2.05) is 13.0 Å². The monoisotopic (exact) mass is 378 g/mol. The Bertz CT molecular complexity index is 652. The van der Waals surface area contributed by atoms with Gasteiger partial charge in [-0.25, -0.2) is 0 Å². The molecule has 1 aromatic rings. The van der Waals surface area contributed by atoms with Gasteiger partial charge >= 0.3 is 5.97 Å². The summed E-state index contributed by atoms with van der Waals surface area (Å²) in [5.74, 6) is -0.251. The Labute approximate surface area is 158 Å². The number of nitrogens with one attached hydrogen (secondary N) is 1. The van der Waals surface area contributed by atoms with Crippen LogP contribution in [-0.2, 0) is 19.8 Å². The van der Waals surface area contributed by atoms with Crippen LogP contribution in [0.2, 0.25) is 0 Å². The van der Waals surface area contributed by atoms with E-state index in [0.29, 0.717) is 23.6 Å². The molecule has 142 valence electrons. The maximum atomic E-state index is 12.6. The van der Waals surface area contributed by atoms with Crippen molar-refractivity contribution in [2.45, 2.75) is 44.6 Å². The minimum absolute atomic E-state index is 0.0129. The van der Waals surface area contributed by atoms with Gasteiger partial charge in [-0.1, -0.05) is 43.7 Å². The molecule has 0 spiro atoms. The molecule has 0 aliphatic carbocycles. The second kappa shape index (κ2) is 9.07. The second-order valence-corrected chi connectivity index (χ2v) is 7.70. The summed E-state index contributed by atoms with van der Waals surface area (Å²) < 4.78 is 0. The van der Waals surface area contributed by atoms with Crippen molar-refractivity contribution in [1.82, 2.24) is 10.2 Å². The molecule has 1 aliphatic rings. The Morgan fingerprint density at radius 3 is 2.62 bits per heavy atom. The summed E-state index contributed by atoms with van der Waals surface area (Å²) in [6.45, 7) is 3.59. The largest absolute Gasteiger partial charge is 0.481 e. The smallest absolute Gasteiger partial charge is 0.315 e. The number of rotatable bonds is 8. The molecule has 0 aromatic heterocycles. The van der Waals surface area contributed by atoms with Crippen molar-refractivity contribution < 1.29 is 19.5 Å². The average Bonchev–Trinajstić information content (AvgIpc) is 3.14. The van der Waals surface area contributed by atoms with Crippen LogP contribution in [0.15, 0.2) is 30.3 Å². The summed E-state index contributed by atoms with van der Waals surface area (Å²) in [6, 6.07) is 8.33. The number of carbonyl (C=O) groups excluding carboxylic acids is 2. The highest BCUT2D eigenvalue weighted by atomic mass is 32.2. The van der Waals surface area contributed by atoms with E-state index in [1.54, 1.807) is 47.9 Å². The number of carboxylic acid groups (broad SMARTS) is 1. The topological polar surface area (TPSA) is 86.7 Å². The van der Waals surface area contributed by atoms with Gasteiger partial charge in [0.05, 0.1) is 5.88 Å². The van der Waals surface area contributed by atoms with E-state index in [1.165, 1.54) is 0 Å². The Morgan fingerprint density at radius 2 is 2.00 bits per heavy atom. The van der Waals surface area contributed by atoms with Gasteiger partial charge in [-0.2, -0.15) is 0 Å². The first-order valence-corrected chi connectivity index (χ1v) is 9.99. The molecule has 2 N–H and O–H groups in total.